The quantitative estimate of drug-likeness (QED) is 0.346. The molecule has 0 amide bonds. The van der Waals surface area contributed by atoms with E-state index in [1.807, 2.05) is 0 Å². The van der Waals surface area contributed by atoms with Crippen molar-refractivity contribution in [2.45, 2.75) is 20.8 Å². The molecule has 0 atom stereocenters. The van der Waals surface area contributed by atoms with E-state index in [-0.39, 0.29) is 5.75 Å². The number of benzene rings is 2. The first-order valence-electron chi connectivity index (χ1n) is 9.22. The van der Waals surface area contributed by atoms with Gasteiger partial charge in [-0.1, -0.05) is 6.58 Å². The van der Waals surface area contributed by atoms with Crippen LogP contribution in [-0.2, 0) is 4.79 Å². The molecule has 0 N–H and O–H groups in total. The van der Waals surface area contributed by atoms with Gasteiger partial charge in [-0.2, -0.15) is 0 Å². The van der Waals surface area contributed by atoms with E-state index < -0.39 is 11.4 Å². The van der Waals surface area contributed by atoms with E-state index in [0.29, 0.717) is 39.9 Å². The monoisotopic (exact) mass is 416 g/mol. The highest BCUT2D eigenvalue weighted by atomic mass is 16.5. The fourth-order valence-corrected chi connectivity index (χ4v) is 2.70. The summed E-state index contributed by atoms with van der Waals surface area (Å²) in [5, 5.41) is 0. The van der Waals surface area contributed by atoms with Crippen molar-refractivity contribution in [3.05, 3.63) is 37.1 Å². The van der Waals surface area contributed by atoms with Crippen LogP contribution in [0, 0.1) is 5.41 Å². The SMILES string of the molecule is C=COc1cc(OC)cc(OC)c1-c1c(OC)cc(OC)cc1OC(=O)C(C)(C)C. The molecule has 30 heavy (non-hydrogen) atoms. The first-order valence-corrected chi connectivity index (χ1v) is 9.22. The lowest BCUT2D eigenvalue weighted by Crippen LogP contribution is -2.25. The number of carbonyl (C=O) groups is 1. The summed E-state index contributed by atoms with van der Waals surface area (Å²) in [4.78, 5) is 12.7. The molecular formula is C23H28O7. The molecule has 7 heteroatoms. The Labute approximate surface area is 177 Å². The van der Waals surface area contributed by atoms with E-state index in [9.17, 15) is 4.79 Å². The molecule has 2 rings (SSSR count). The van der Waals surface area contributed by atoms with Crippen LogP contribution in [0.2, 0.25) is 0 Å². The zero-order chi connectivity index (χ0) is 22.5. The molecular weight excluding hydrogens is 388 g/mol. The summed E-state index contributed by atoms with van der Waals surface area (Å²) in [6.07, 6.45) is 1.29. The Balaban J connectivity index is 2.88. The van der Waals surface area contributed by atoms with Gasteiger partial charge in [0.2, 0.25) is 0 Å². The van der Waals surface area contributed by atoms with Crippen molar-refractivity contribution in [2.75, 3.05) is 28.4 Å². The highest BCUT2D eigenvalue weighted by Crippen LogP contribution is 2.51. The van der Waals surface area contributed by atoms with Crippen molar-refractivity contribution < 1.29 is 33.2 Å². The van der Waals surface area contributed by atoms with Gasteiger partial charge in [-0.15, -0.1) is 0 Å². The molecule has 0 saturated heterocycles. The number of methoxy groups -OCH3 is 4. The van der Waals surface area contributed by atoms with Crippen LogP contribution in [0.15, 0.2) is 37.1 Å². The Bertz CT molecular complexity index is 926. The van der Waals surface area contributed by atoms with E-state index in [4.69, 9.17) is 28.4 Å². The van der Waals surface area contributed by atoms with Crippen LogP contribution in [0.4, 0.5) is 0 Å². The molecule has 0 spiro atoms. The molecule has 0 unspecified atom stereocenters. The highest BCUT2D eigenvalue weighted by Gasteiger charge is 2.29. The smallest absolute Gasteiger partial charge is 0.316 e. The number of ether oxygens (including phenoxy) is 6. The molecule has 0 bridgehead atoms. The summed E-state index contributed by atoms with van der Waals surface area (Å²) in [5.41, 5.74) is 0.250. The van der Waals surface area contributed by atoms with Crippen molar-refractivity contribution in [3.8, 4) is 45.6 Å². The molecule has 7 nitrogen and oxygen atoms in total. The van der Waals surface area contributed by atoms with Crippen molar-refractivity contribution in [1.29, 1.82) is 0 Å². The third kappa shape index (κ3) is 4.79. The maximum absolute atomic E-state index is 12.7. The summed E-state index contributed by atoms with van der Waals surface area (Å²) < 4.78 is 33.3. The number of rotatable bonds is 8. The maximum atomic E-state index is 12.7. The van der Waals surface area contributed by atoms with Crippen LogP contribution in [0.25, 0.3) is 11.1 Å². The molecule has 0 radical (unpaired) electrons. The summed E-state index contributed by atoms with van der Waals surface area (Å²) >= 11 is 0. The van der Waals surface area contributed by atoms with Crippen LogP contribution >= 0.6 is 0 Å². The van der Waals surface area contributed by atoms with Gasteiger partial charge in [-0.3, -0.25) is 4.79 Å². The Morgan fingerprint density at radius 1 is 0.767 bits per heavy atom. The molecule has 0 saturated carbocycles. The Hall–Kier alpha value is -3.35. The maximum Gasteiger partial charge on any atom is 0.316 e. The fourth-order valence-electron chi connectivity index (χ4n) is 2.70. The molecule has 0 aliphatic rings. The second-order valence-electron chi connectivity index (χ2n) is 7.33. The summed E-state index contributed by atoms with van der Waals surface area (Å²) in [6.45, 7) is 8.95. The second-order valence-corrected chi connectivity index (χ2v) is 7.33. The molecule has 0 aliphatic carbocycles. The van der Waals surface area contributed by atoms with E-state index in [1.165, 1.54) is 34.7 Å². The largest absolute Gasteiger partial charge is 0.496 e. The number of hydrogen-bond donors (Lipinski definition) is 0. The van der Waals surface area contributed by atoms with Gasteiger partial charge in [0, 0.05) is 24.3 Å². The van der Waals surface area contributed by atoms with E-state index in [0.717, 1.165) is 0 Å². The van der Waals surface area contributed by atoms with Crippen LogP contribution in [0.1, 0.15) is 20.8 Å². The van der Waals surface area contributed by atoms with Gasteiger partial charge in [0.15, 0.2) is 0 Å². The Morgan fingerprint density at radius 2 is 1.20 bits per heavy atom. The normalized spacial score (nSPS) is 10.8. The van der Waals surface area contributed by atoms with Crippen LogP contribution in [0.3, 0.4) is 0 Å². The lowest BCUT2D eigenvalue weighted by Gasteiger charge is -2.22. The Kier molecular flexibility index (Phi) is 7.21. The average Bonchev–Trinajstić information content (AvgIpc) is 2.72. The van der Waals surface area contributed by atoms with Gasteiger partial charge in [0.1, 0.15) is 34.5 Å². The second kappa shape index (κ2) is 9.43. The molecule has 0 aromatic heterocycles. The van der Waals surface area contributed by atoms with Gasteiger partial charge in [-0.05, 0) is 20.8 Å². The predicted molar refractivity (Wildman–Crippen MR) is 114 cm³/mol. The van der Waals surface area contributed by atoms with Crippen molar-refractivity contribution >= 4 is 5.97 Å². The van der Waals surface area contributed by atoms with Gasteiger partial charge in [0.25, 0.3) is 0 Å². The van der Waals surface area contributed by atoms with Crippen LogP contribution in [0.5, 0.6) is 34.5 Å². The predicted octanol–water partition coefficient (Wildman–Crippen LogP) is 4.86. The lowest BCUT2D eigenvalue weighted by atomic mass is 9.96. The summed E-state index contributed by atoms with van der Waals surface area (Å²) in [5.74, 6) is 2.03. The third-order valence-corrected chi connectivity index (χ3v) is 4.27. The minimum absolute atomic E-state index is 0.239. The van der Waals surface area contributed by atoms with Gasteiger partial charge in [0.05, 0.1) is 51.2 Å². The molecule has 162 valence electrons. The third-order valence-electron chi connectivity index (χ3n) is 4.27. The van der Waals surface area contributed by atoms with Crippen molar-refractivity contribution in [3.63, 3.8) is 0 Å². The van der Waals surface area contributed by atoms with Gasteiger partial charge >= 0.3 is 5.97 Å². The van der Waals surface area contributed by atoms with Crippen molar-refractivity contribution in [1.82, 2.24) is 0 Å². The minimum Gasteiger partial charge on any atom is -0.496 e. The number of esters is 1. The molecule has 2 aromatic rings. The van der Waals surface area contributed by atoms with Gasteiger partial charge in [-0.25, -0.2) is 0 Å². The summed E-state index contributed by atoms with van der Waals surface area (Å²) in [6, 6.07) is 6.68. The molecule has 0 fully saturated rings. The Morgan fingerprint density at radius 3 is 1.60 bits per heavy atom. The molecule has 0 heterocycles. The van der Waals surface area contributed by atoms with Crippen LogP contribution < -0.4 is 28.4 Å². The zero-order valence-corrected chi connectivity index (χ0v) is 18.5. The standard InChI is InChI=1S/C23H28O7/c1-9-29-18-12-14(25-5)10-16(27-7)20(18)21-17(28-8)11-15(26-6)13-19(21)30-22(24)23(2,3)4/h9-13H,1H2,2-8H3. The zero-order valence-electron chi connectivity index (χ0n) is 18.5. The fraction of sp³-hybridized carbons (Fsp3) is 0.348. The van der Waals surface area contributed by atoms with E-state index in [2.05, 4.69) is 6.58 Å². The average molecular weight is 416 g/mol. The van der Waals surface area contributed by atoms with Gasteiger partial charge < -0.3 is 28.4 Å². The van der Waals surface area contributed by atoms with E-state index in [1.54, 1.807) is 45.0 Å². The topological polar surface area (TPSA) is 72.5 Å². The first kappa shape index (κ1) is 22.9. The summed E-state index contributed by atoms with van der Waals surface area (Å²) in [7, 11) is 6.09. The number of hydrogen-bond acceptors (Lipinski definition) is 7. The molecule has 0 aliphatic heterocycles. The van der Waals surface area contributed by atoms with Crippen LogP contribution in [-0.4, -0.2) is 34.4 Å². The number of carbonyl (C=O) groups excluding carboxylic acids is 1. The lowest BCUT2D eigenvalue weighted by molar-refractivity contribution is -0.142. The minimum atomic E-state index is -0.724. The highest BCUT2D eigenvalue weighted by molar-refractivity contribution is 5.89. The molecule has 2 aromatic carbocycles. The first-order chi connectivity index (χ1) is 14.2. The van der Waals surface area contributed by atoms with E-state index >= 15 is 0 Å². The van der Waals surface area contributed by atoms with Crippen molar-refractivity contribution in [2.24, 2.45) is 5.41 Å².